The van der Waals surface area contributed by atoms with Crippen LogP contribution in [0.5, 0.6) is 0 Å². The van der Waals surface area contributed by atoms with Crippen molar-refractivity contribution < 1.29 is 9.90 Å². The summed E-state index contributed by atoms with van der Waals surface area (Å²) in [7, 11) is 0. The minimum Gasteiger partial charge on any atom is -0.392 e. The van der Waals surface area contributed by atoms with Crippen LogP contribution in [-0.2, 0) is 4.79 Å². The van der Waals surface area contributed by atoms with Gasteiger partial charge < -0.3 is 14.6 Å². The number of hydrogen-bond donors (Lipinski definition) is 1. The Balaban J connectivity index is 1.07. The first-order valence-corrected chi connectivity index (χ1v) is 12.9. The Morgan fingerprint density at radius 2 is 1.91 bits per heavy atom. The Hall–Kier alpha value is -1.83. The highest BCUT2D eigenvalue weighted by Crippen LogP contribution is 2.59. The van der Waals surface area contributed by atoms with Gasteiger partial charge in [-0.2, -0.15) is 0 Å². The van der Waals surface area contributed by atoms with Crippen molar-refractivity contribution >= 4 is 17.9 Å². The van der Waals surface area contributed by atoms with E-state index in [0.717, 1.165) is 58.3 Å². The average Bonchev–Trinajstić information content (AvgIpc) is 3.40. The second-order valence-electron chi connectivity index (χ2n) is 10.1. The highest BCUT2D eigenvalue weighted by atomic mass is 32.2. The second-order valence-corrected chi connectivity index (χ2v) is 11.5. The molecule has 3 unspecified atom stereocenters. The van der Waals surface area contributed by atoms with Crippen LogP contribution in [0.1, 0.15) is 50.6 Å². The van der Waals surface area contributed by atoms with E-state index >= 15 is 0 Å². The Morgan fingerprint density at radius 3 is 2.62 bits per heavy atom. The third-order valence-corrected chi connectivity index (χ3v) is 9.94. The van der Waals surface area contributed by atoms with E-state index in [1.807, 2.05) is 29.4 Å². The van der Waals surface area contributed by atoms with Gasteiger partial charge in [0.15, 0.2) is 0 Å². The molecule has 1 aliphatic carbocycles. The van der Waals surface area contributed by atoms with Gasteiger partial charge in [-0.15, -0.1) is 0 Å². The fourth-order valence-electron chi connectivity index (χ4n) is 6.61. The number of amides is 1. The number of carbonyl (C=O) groups excluding carboxylic acids is 1. The number of piperidine rings is 2. The highest BCUT2D eigenvalue weighted by molar-refractivity contribution is 7.97. The number of aliphatic hydroxyl groups is 1. The van der Waals surface area contributed by atoms with E-state index < -0.39 is 0 Å². The second kappa shape index (κ2) is 7.89. The first-order valence-electron chi connectivity index (χ1n) is 12.0. The molecule has 7 heteroatoms. The third kappa shape index (κ3) is 3.24. The molecule has 2 aromatic rings. The number of nitrogens with zero attached hydrogens (tertiary/aromatic N) is 4. The van der Waals surface area contributed by atoms with Gasteiger partial charge in [-0.1, -0.05) is 36.2 Å². The van der Waals surface area contributed by atoms with Crippen LogP contribution in [0.25, 0.3) is 11.3 Å². The van der Waals surface area contributed by atoms with E-state index in [-0.39, 0.29) is 29.4 Å². The number of imidazole rings is 1. The lowest BCUT2D eigenvalue weighted by molar-refractivity contribution is -0.152. The van der Waals surface area contributed by atoms with Gasteiger partial charge in [0.25, 0.3) is 0 Å². The predicted molar refractivity (Wildman–Crippen MR) is 126 cm³/mol. The summed E-state index contributed by atoms with van der Waals surface area (Å²) < 4.78 is 4.81. The van der Waals surface area contributed by atoms with Crippen molar-refractivity contribution in [3.8, 4) is 11.3 Å². The fraction of sp³-hybridized carbons (Fsp3) is 0.600. The van der Waals surface area contributed by atoms with E-state index in [1.165, 1.54) is 16.8 Å². The van der Waals surface area contributed by atoms with Crippen molar-refractivity contribution in [3.63, 3.8) is 0 Å². The smallest absolute Gasteiger partial charge is 0.219 e. The molecule has 2 saturated heterocycles. The van der Waals surface area contributed by atoms with Gasteiger partial charge in [-0.25, -0.2) is 4.98 Å². The topological polar surface area (TPSA) is 61.6 Å². The molecule has 3 atom stereocenters. The predicted octanol–water partition coefficient (Wildman–Crippen LogP) is 3.58. The molecule has 1 saturated carbocycles. The average molecular weight is 453 g/mol. The molecule has 6 nitrogen and oxygen atoms in total. The first-order chi connectivity index (χ1) is 15.6. The quantitative estimate of drug-likeness (QED) is 0.722. The van der Waals surface area contributed by atoms with E-state index in [0.29, 0.717) is 5.25 Å². The van der Waals surface area contributed by atoms with E-state index in [1.54, 1.807) is 6.92 Å². The van der Waals surface area contributed by atoms with Gasteiger partial charge in [0, 0.05) is 49.8 Å². The summed E-state index contributed by atoms with van der Waals surface area (Å²) in [5, 5.41) is 12.0. The Bertz CT molecular complexity index is 1010. The highest BCUT2D eigenvalue weighted by Gasteiger charge is 2.57. The van der Waals surface area contributed by atoms with Crippen LogP contribution in [0.15, 0.2) is 36.8 Å². The van der Waals surface area contributed by atoms with Gasteiger partial charge >= 0.3 is 0 Å². The van der Waals surface area contributed by atoms with Crippen LogP contribution in [-0.4, -0.2) is 67.3 Å². The van der Waals surface area contributed by atoms with Crippen molar-refractivity contribution in [1.29, 1.82) is 0 Å². The molecule has 170 valence electrons. The Morgan fingerprint density at radius 1 is 1.16 bits per heavy atom. The minimum atomic E-state index is -0.250. The number of benzene rings is 1. The molecule has 32 heavy (non-hydrogen) atoms. The lowest BCUT2D eigenvalue weighted by atomic mass is 9.53. The minimum absolute atomic E-state index is 0.0813. The maximum absolute atomic E-state index is 11.6. The third-order valence-electron chi connectivity index (χ3n) is 8.51. The molecule has 4 aliphatic rings. The molecule has 4 heterocycles. The molecular weight excluding hydrogens is 420 g/mol. The zero-order valence-electron chi connectivity index (χ0n) is 18.7. The number of hydrogen-bond acceptors (Lipinski definition) is 5. The molecule has 1 spiro atoms. The van der Waals surface area contributed by atoms with Crippen LogP contribution in [0.3, 0.4) is 0 Å². The summed E-state index contributed by atoms with van der Waals surface area (Å²) in [5.74, 6) is 0.469. The van der Waals surface area contributed by atoms with Crippen LogP contribution in [0, 0.1) is 11.3 Å². The van der Waals surface area contributed by atoms with Crippen molar-refractivity contribution in [3.05, 3.63) is 42.4 Å². The standard InChI is InChI=1S/C25H32N4O2S/c1-17(30)27-10-6-18(7-11-27)32-28-12-8-25(9-13-28)14-21(24(25)31)23-20-5-3-2-4-19(20)22-15-26-16-29(22)23/h2-5,15-16,18,21,23-24,31H,6-14H2,1H3. The molecule has 1 aromatic carbocycles. The van der Waals surface area contributed by atoms with Gasteiger partial charge in [0.1, 0.15) is 0 Å². The van der Waals surface area contributed by atoms with Crippen LogP contribution in [0.4, 0.5) is 0 Å². The maximum atomic E-state index is 11.6. The maximum Gasteiger partial charge on any atom is 0.219 e. The van der Waals surface area contributed by atoms with Crippen LogP contribution < -0.4 is 0 Å². The van der Waals surface area contributed by atoms with Gasteiger partial charge in [-0.05, 0) is 43.1 Å². The number of rotatable bonds is 3. The number of likely N-dealkylation sites (tertiary alicyclic amines) is 1. The van der Waals surface area contributed by atoms with Crippen molar-refractivity contribution in [2.24, 2.45) is 11.3 Å². The molecule has 1 N–H and O–H groups in total. The van der Waals surface area contributed by atoms with Crippen LogP contribution >= 0.6 is 11.9 Å². The summed E-state index contributed by atoms with van der Waals surface area (Å²) in [6.45, 7) is 5.57. The van der Waals surface area contributed by atoms with Crippen molar-refractivity contribution in [1.82, 2.24) is 18.8 Å². The lowest BCUT2D eigenvalue weighted by Gasteiger charge is -2.58. The molecule has 0 bridgehead atoms. The summed E-state index contributed by atoms with van der Waals surface area (Å²) in [4.78, 5) is 17.9. The van der Waals surface area contributed by atoms with Crippen molar-refractivity contribution in [2.45, 2.75) is 56.4 Å². The normalized spacial score (nSPS) is 29.6. The van der Waals surface area contributed by atoms with Gasteiger partial charge in [-0.3, -0.25) is 9.10 Å². The molecular formula is C25H32N4O2S. The summed E-state index contributed by atoms with van der Waals surface area (Å²) >= 11 is 2.00. The molecule has 0 radical (unpaired) electrons. The number of aromatic nitrogens is 2. The monoisotopic (exact) mass is 452 g/mol. The molecule has 1 aromatic heterocycles. The van der Waals surface area contributed by atoms with Crippen molar-refractivity contribution in [2.75, 3.05) is 26.2 Å². The lowest BCUT2D eigenvalue weighted by Crippen LogP contribution is -2.58. The largest absolute Gasteiger partial charge is 0.392 e. The van der Waals surface area contributed by atoms with E-state index in [9.17, 15) is 9.90 Å². The van der Waals surface area contributed by atoms with E-state index in [2.05, 4.69) is 38.1 Å². The SMILES string of the molecule is CC(=O)N1CCC(SN2CCC3(CC2)CC(C2c4ccccc4-c4cncn42)C3O)CC1. The Kier molecular flexibility index (Phi) is 5.12. The number of aliphatic hydroxyl groups excluding tert-OH is 1. The molecule has 3 fully saturated rings. The first kappa shape index (κ1) is 20.8. The van der Waals surface area contributed by atoms with Crippen LogP contribution in [0.2, 0.25) is 0 Å². The molecule has 6 rings (SSSR count). The van der Waals surface area contributed by atoms with Gasteiger partial charge in [0.05, 0.1) is 30.4 Å². The van der Waals surface area contributed by atoms with E-state index in [4.69, 9.17) is 0 Å². The summed E-state index contributed by atoms with van der Waals surface area (Å²) in [6, 6.07) is 8.82. The summed E-state index contributed by atoms with van der Waals surface area (Å²) in [5.41, 5.74) is 3.87. The molecule has 1 amide bonds. The zero-order valence-corrected chi connectivity index (χ0v) is 19.5. The summed E-state index contributed by atoms with van der Waals surface area (Å²) in [6.07, 6.45) is 9.07. The number of fused-ring (bicyclic) bond motifs is 3. The molecule has 3 aliphatic heterocycles. The fourth-order valence-corrected chi connectivity index (χ4v) is 7.85. The Labute approximate surface area is 194 Å². The zero-order chi connectivity index (χ0) is 21.9. The van der Waals surface area contributed by atoms with Gasteiger partial charge in [0.2, 0.25) is 5.91 Å². The number of carbonyl (C=O) groups is 1.